The fraction of sp³-hybridized carbons (Fsp3) is 0.412. The minimum absolute atomic E-state index is 0.144. The average Bonchev–Trinajstić information content (AvgIpc) is 3.03. The second-order valence-electron chi connectivity index (χ2n) is 5.93. The minimum Gasteiger partial charge on any atom is -0.495 e. The van der Waals surface area contributed by atoms with Gasteiger partial charge in [0.1, 0.15) is 16.4 Å². The molecule has 0 saturated carbocycles. The Hall–Kier alpha value is -1.83. The molecule has 24 heavy (non-hydrogen) atoms. The van der Waals surface area contributed by atoms with Crippen LogP contribution in [0.2, 0.25) is 0 Å². The highest BCUT2D eigenvalue weighted by Crippen LogP contribution is 2.27. The first-order valence-electron chi connectivity index (χ1n) is 7.61. The van der Waals surface area contributed by atoms with E-state index in [9.17, 15) is 8.42 Å². The summed E-state index contributed by atoms with van der Waals surface area (Å²) in [4.78, 5) is 2.05. The Bertz CT molecular complexity index is 783. The van der Waals surface area contributed by atoms with Crippen LogP contribution in [0.4, 0.5) is 0 Å². The summed E-state index contributed by atoms with van der Waals surface area (Å²) in [6.07, 6.45) is 1.58. The number of nitrogens with one attached hydrogen (secondary N) is 1. The summed E-state index contributed by atoms with van der Waals surface area (Å²) in [6, 6.07) is 6.78. The molecule has 0 fully saturated rings. The number of rotatable bonds is 7. The second-order valence-corrected chi connectivity index (χ2v) is 7.67. The van der Waals surface area contributed by atoms with Gasteiger partial charge in [-0.1, -0.05) is 0 Å². The van der Waals surface area contributed by atoms with Crippen LogP contribution in [0.1, 0.15) is 22.9 Å². The van der Waals surface area contributed by atoms with E-state index < -0.39 is 10.0 Å². The van der Waals surface area contributed by atoms with Gasteiger partial charge in [0.05, 0.1) is 19.4 Å². The van der Waals surface area contributed by atoms with Gasteiger partial charge >= 0.3 is 0 Å². The molecule has 0 radical (unpaired) electrons. The van der Waals surface area contributed by atoms with Crippen molar-refractivity contribution in [3.05, 3.63) is 47.4 Å². The van der Waals surface area contributed by atoms with Crippen molar-refractivity contribution in [1.29, 1.82) is 0 Å². The number of aryl methyl sites for hydroxylation is 2. The normalized spacial score (nSPS) is 13.2. The molecule has 0 amide bonds. The molecule has 0 aliphatic heterocycles. The molecule has 1 aromatic carbocycles. The Balaban J connectivity index is 2.27. The highest BCUT2D eigenvalue weighted by molar-refractivity contribution is 7.89. The number of hydrogen-bond acceptors (Lipinski definition) is 5. The van der Waals surface area contributed by atoms with E-state index in [1.807, 2.05) is 38.9 Å². The lowest BCUT2D eigenvalue weighted by atomic mass is 10.1. The Labute approximate surface area is 143 Å². The molecule has 0 saturated heterocycles. The van der Waals surface area contributed by atoms with Crippen LogP contribution in [0.25, 0.3) is 0 Å². The minimum atomic E-state index is -3.71. The summed E-state index contributed by atoms with van der Waals surface area (Å²) in [5.41, 5.74) is 1.87. The maximum absolute atomic E-state index is 12.7. The molecule has 0 spiro atoms. The van der Waals surface area contributed by atoms with Crippen molar-refractivity contribution in [3.8, 4) is 5.75 Å². The van der Waals surface area contributed by atoms with E-state index in [0.29, 0.717) is 11.5 Å². The Morgan fingerprint density at radius 1 is 1.25 bits per heavy atom. The van der Waals surface area contributed by atoms with Crippen LogP contribution in [-0.4, -0.2) is 41.1 Å². The molecule has 1 atom stereocenters. The van der Waals surface area contributed by atoms with E-state index in [0.717, 1.165) is 11.1 Å². The predicted molar refractivity (Wildman–Crippen MR) is 92.8 cm³/mol. The molecule has 1 aromatic heterocycles. The Morgan fingerprint density at radius 2 is 1.92 bits per heavy atom. The van der Waals surface area contributed by atoms with Gasteiger partial charge in [0.25, 0.3) is 0 Å². The van der Waals surface area contributed by atoms with Gasteiger partial charge in [0.15, 0.2) is 0 Å². The lowest BCUT2D eigenvalue weighted by molar-refractivity contribution is 0.259. The molecule has 132 valence electrons. The molecule has 0 bridgehead atoms. The van der Waals surface area contributed by atoms with Crippen LogP contribution >= 0.6 is 0 Å². The number of hydrogen-bond donors (Lipinski definition) is 1. The van der Waals surface area contributed by atoms with Gasteiger partial charge in [-0.3, -0.25) is 4.90 Å². The van der Waals surface area contributed by atoms with Gasteiger partial charge in [-0.2, -0.15) is 0 Å². The smallest absolute Gasteiger partial charge is 0.244 e. The molecule has 2 aromatic rings. The van der Waals surface area contributed by atoms with Gasteiger partial charge in [-0.15, -0.1) is 0 Å². The van der Waals surface area contributed by atoms with Gasteiger partial charge < -0.3 is 9.15 Å². The number of ether oxygens (including phenoxy) is 1. The van der Waals surface area contributed by atoms with Gasteiger partial charge in [0.2, 0.25) is 10.0 Å². The molecule has 0 aliphatic carbocycles. The van der Waals surface area contributed by atoms with Crippen molar-refractivity contribution in [2.45, 2.75) is 24.8 Å². The zero-order valence-corrected chi connectivity index (χ0v) is 15.5. The predicted octanol–water partition coefficient (Wildman–Crippen LogP) is 2.49. The number of sulfonamides is 1. The molecule has 6 nitrogen and oxygen atoms in total. The monoisotopic (exact) mass is 352 g/mol. The topological polar surface area (TPSA) is 71.8 Å². The summed E-state index contributed by atoms with van der Waals surface area (Å²) in [7, 11) is 1.51. The number of nitrogens with zero attached hydrogens (tertiary/aromatic N) is 1. The first-order valence-corrected chi connectivity index (χ1v) is 9.09. The van der Waals surface area contributed by atoms with E-state index in [1.54, 1.807) is 24.5 Å². The highest BCUT2D eigenvalue weighted by Gasteiger charge is 2.24. The largest absolute Gasteiger partial charge is 0.495 e. The maximum atomic E-state index is 12.7. The zero-order chi connectivity index (χ0) is 17.9. The van der Waals surface area contributed by atoms with E-state index in [2.05, 4.69) is 4.72 Å². The number of methoxy groups -OCH3 is 1. The van der Waals surface area contributed by atoms with Crippen molar-refractivity contribution in [3.63, 3.8) is 0 Å². The second kappa shape index (κ2) is 7.38. The van der Waals surface area contributed by atoms with Crippen molar-refractivity contribution >= 4 is 10.0 Å². The molecular weight excluding hydrogens is 328 g/mol. The third-order valence-corrected chi connectivity index (χ3v) is 5.48. The lowest BCUT2D eigenvalue weighted by Crippen LogP contribution is -2.34. The van der Waals surface area contributed by atoms with Crippen molar-refractivity contribution < 1.29 is 17.6 Å². The van der Waals surface area contributed by atoms with Crippen LogP contribution in [0.5, 0.6) is 5.75 Å². The molecular formula is C17H24N2O4S. The van der Waals surface area contributed by atoms with Crippen LogP contribution in [-0.2, 0) is 10.0 Å². The molecule has 2 rings (SSSR count). The van der Waals surface area contributed by atoms with Crippen LogP contribution in [0.3, 0.4) is 0 Å². The zero-order valence-electron chi connectivity index (χ0n) is 14.7. The molecule has 1 N–H and O–H groups in total. The van der Waals surface area contributed by atoms with E-state index >= 15 is 0 Å². The third kappa shape index (κ3) is 3.98. The standard InChI is InChI=1S/C17H24N2O4S/c1-12-9-16(22-5)17(10-13(12)2)24(20,21)18-11-14(19(3)4)15-7-6-8-23-15/h6-10,14,18H,11H2,1-5H3. The molecule has 7 heteroatoms. The first kappa shape index (κ1) is 18.5. The summed E-state index contributed by atoms with van der Waals surface area (Å²) >= 11 is 0. The van der Waals surface area contributed by atoms with Gasteiger partial charge in [0, 0.05) is 6.54 Å². The summed E-state index contributed by atoms with van der Waals surface area (Å²) in [5, 5.41) is 0. The van der Waals surface area contributed by atoms with Crippen molar-refractivity contribution in [2.75, 3.05) is 27.7 Å². The van der Waals surface area contributed by atoms with E-state index in [1.165, 1.54) is 7.11 Å². The van der Waals surface area contributed by atoms with E-state index in [-0.39, 0.29) is 17.5 Å². The van der Waals surface area contributed by atoms with Crippen LogP contribution < -0.4 is 9.46 Å². The first-order chi connectivity index (χ1) is 11.3. The molecule has 1 heterocycles. The van der Waals surface area contributed by atoms with Crippen LogP contribution in [0.15, 0.2) is 39.8 Å². The number of furan rings is 1. The number of benzene rings is 1. The lowest BCUT2D eigenvalue weighted by Gasteiger charge is -2.23. The van der Waals surface area contributed by atoms with Gasteiger partial charge in [-0.25, -0.2) is 13.1 Å². The Kier molecular flexibility index (Phi) is 5.69. The molecule has 0 aliphatic rings. The summed E-state index contributed by atoms with van der Waals surface area (Å²) in [5.74, 6) is 1.04. The van der Waals surface area contributed by atoms with Crippen molar-refractivity contribution in [2.24, 2.45) is 0 Å². The van der Waals surface area contributed by atoms with E-state index in [4.69, 9.17) is 9.15 Å². The van der Waals surface area contributed by atoms with Crippen LogP contribution in [0, 0.1) is 13.8 Å². The number of likely N-dealkylation sites (N-methyl/N-ethyl adjacent to an activating group) is 1. The Morgan fingerprint density at radius 3 is 2.46 bits per heavy atom. The van der Waals surface area contributed by atoms with Crippen molar-refractivity contribution in [1.82, 2.24) is 9.62 Å². The third-order valence-electron chi connectivity index (χ3n) is 4.03. The van der Waals surface area contributed by atoms with Gasteiger partial charge in [-0.05, 0) is 63.3 Å². The fourth-order valence-electron chi connectivity index (χ4n) is 2.42. The average molecular weight is 352 g/mol. The molecule has 1 unspecified atom stereocenters. The quantitative estimate of drug-likeness (QED) is 0.829. The highest BCUT2D eigenvalue weighted by atomic mass is 32.2. The SMILES string of the molecule is COc1cc(C)c(C)cc1S(=O)(=O)NCC(c1ccco1)N(C)C. The maximum Gasteiger partial charge on any atom is 0.244 e. The summed E-state index contributed by atoms with van der Waals surface area (Å²) in [6.45, 7) is 3.98. The summed E-state index contributed by atoms with van der Waals surface area (Å²) < 4.78 is 38.8. The fourth-order valence-corrected chi connectivity index (χ4v) is 3.69.